The molecule has 5 N–H and O–H groups in total. The number of hydrogen-bond donors (Lipinski definition) is 5. The summed E-state index contributed by atoms with van der Waals surface area (Å²) in [6.45, 7) is 22.7. The van der Waals surface area contributed by atoms with E-state index in [1.165, 1.54) is 0 Å². The van der Waals surface area contributed by atoms with Gasteiger partial charge in [-0.1, -0.05) is 219 Å². The molecule has 1 saturated heterocycles. The summed E-state index contributed by atoms with van der Waals surface area (Å²) < 4.78 is 17.9. The van der Waals surface area contributed by atoms with Gasteiger partial charge in [-0.2, -0.15) is 4.98 Å². The summed E-state index contributed by atoms with van der Waals surface area (Å²) in [4.78, 5) is 216. The SMILES string of the molecule is CC(C)c1nc2c(n1CCN(C)C)C(=O)C(=O)c1ccccc1-2.CC(C)c1nc2c(n1CCO)C(=O)C(=O)c1ccccc1-2.CC(C)c1nc2c(n1C[n+]1c(C(C)C)[nH]c3c1-c1ccccc1C(=O)C3=O)C(=O)C(=O)c1ccccc1-2.CCOc1nc2c([nH]1)C(=O)C(=O)c1ccccc1-2.O=C1C(=O)c2[nH]c(Cl)nc2-c2ccccc21.O=C1C(=O)c2[nH]c(N3CCOCC3)nc2-c2ccccc21. The molecule has 8 heterocycles. The Labute approximate surface area is 781 Å². The Kier molecular flexibility index (Phi) is 25.2. The van der Waals surface area contributed by atoms with Crippen molar-refractivity contribution in [3.63, 3.8) is 0 Å². The van der Waals surface area contributed by atoms with Crippen molar-refractivity contribution in [2.75, 3.05) is 65.1 Å². The Balaban J connectivity index is 0.000000116. The molecule has 0 radical (unpaired) electrons. The molecular formula is C102H90ClN16O17+. The lowest BCUT2D eigenvalue weighted by Crippen LogP contribution is -2.45. The van der Waals surface area contributed by atoms with Crippen LogP contribution in [0, 0.1) is 0 Å². The number of anilines is 1. The van der Waals surface area contributed by atoms with E-state index in [9.17, 15) is 72.2 Å². The smallest absolute Gasteiger partial charge is 0.294 e. The number of hydrogen-bond acceptors (Lipinski definition) is 25. The average Bonchev–Trinajstić information content (AvgIpc) is 1.36. The molecule has 0 bridgehead atoms. The second kappa shape index (κ2) is 37.3. The summed E-state index contributed by atoms with van der Waals surface area (Å²) in [6.07, 6.45) is 0. The maximum Gasteiger partial charge on any atom is 0.294 e. The second-order valence-corrected chi connectivity index (χ2v) is 34.8. The quantitative estimate of drug-likeness (QED) is 0.0498. The zero-order chi connectivity index (χ0) is 96.4. The number of nitrogens with one attached hydrogen (secondary N) is 4. The topological polar surface area (TPSA) is 443 Å². The molecule has 8 aliphatic rings. The Morgan fingerprint density at radius 1 is 0.375 bits per heavy atom. The van der Waals surface area contributed by atoms with Crippen molar-refractivity contribution < 1.29 is 86.3 Å². The molecule has 22 rings (SSSR count). The van der Waals surface area contributed by atoms with Crippen LogP contribution in [-0.4, -0.2) is 215 Å². The van der Waals surface area contributed by atoms with Gasteiger partial charge in [0.15, 0.2) is 12.4 Å². The number of carbonyl (C=O) groups excluding carboxylic acids is 14. The highest BCUT2D eigenvalue weighted by molar-refractivity contribution is 6.56. The van der Waals surface area contributed by atoms with E-state index >= 15 is 0 Å². The number of aliphatic hydroxyl groups is 1. The number of likely N-dealkylation sites (N-methyl/N-ethyl adjacent to an activating group) is 1. The minimum Gasteiger partial charge on any atom is -0.465 e. The number of ether oxygens (including phenoxy) is 2. The number of morpholine rings is 1. The van der Waals surface area contributed by atoms with Gasteiger partial charge in [-0.25, -0.2) is 34.5 Å². The summed E-state index contributed by atoms with van der Waals surface area (Å²) in [6, 6.07) is 49.5. The lowest BCUT2D eigenvalue weighted by Gasteiger charge is -2.26. The Morgan fingerprint density at radius 2 is 0.699 bits per heavy atom. The number of aliphatic hydroxyl groups excluding tert-OH is 1. The number of nitrogens with zero attached hydrogens (tertiary/aromatic N) is 12. The molecule has 7 aromatic heterocycles. The highest BCUT2D eigenvalue weighted by Crippen LogP contribution is 2.43. The predicted octanol–water partition coefficient (Wildman–Crippen LogP) is 14.3. The Morgan fingerprint density at radius 3 is 1.08 bits per heavy atom. The minimum absolute atomic E-state index is 0.0272. The van der Waals surface area contributed by atoms with Crippen LogP contribution >= 0.6 is 11.6 Å². The van der Waals surface area contributed by atoms with Gasteiger partial charge in [-0.3, -0.25) is 71.7 Å². The summed E-state index contributed by atoms with van der Waals surface area (Å²) in [5, 5.41) is 9.36. The number of fused-ring (bicyclic) bond motifs is 21. The molecule has 7 aliphatic carbocycles. The van der Waals surface area contributed by atoms with Crippen LogP contribution < -0.4 is 14.2 Å². The van der Waals surface area contributed by atoms with Crippen LogP contribution in [0.5, 0.6) is 6.01 Å². The number of benzene rings is 7. The fraction of sp³-hybridized carbons (Fsp3) is 0.245. The second-order valence-electron chi connectivity index (χ2n) is 34.4. The van der Waals surface area contributed by atoms with E-state index in [-0.39, 0.29) is 77.6 Å². The summed E-state index contributed by atoms with van der Waals surface area (Å²) >= 11 is 5.70. The first-order valence-corrected chi connectivity index (χ1v) is 44.6. The molecule has 0 atom stereocenters. The Bertz CT molecular complexity index is 7430. The standard InChI is InChI=1S/C29H24N4O4.C18H21N3O2.C16H16N2O3.C15H13N3O3.C13H10N2O3.C11H5ClN2O2/c1-14(2)28-30-20-16-9-5-7-11-18(16)25(35)27(37)23(20)33(28)13-32-22-17-10-6-8-12-19(17)24(34)26(36)21(22)31-29(32)15(3)4;1-11(2)18-19-14-12-7-5-6-8-13(12)16(22)17(23)15(14)21(18)10-9-20(3)4;1-9(2)16-17-12-10-5-3-4-6-11(10)14(20)15(21)13(12)18(16)7-8-19;19-13-10-4-2-1-3-9(10)11-12(14(13)20)17-15(16-11)18-5-7-21-8-6-18;1-2-18-13-14-9-7-5-3-4-6-8(7)11(16)12(17)10(9)15-13;12-11-13-7-5-3-1-2-4-6(5)9(15)10(16)8(7)14-11/h5-12,14-15H,13H2,1-4H3;5-8,11H,9-10H2,1-4H3;3-6,9,19H,7-8H2,1-2H3;1-4H,5-8H2,(H,16,17);3-6H,2H2,1H3,(H,14,15);1-4H,(H,13,14)/p+1. The number of halogens is 1. The molecule has 136 heavy (non-hydrogen) atoms. The van der Waals surface area contributed by atoms with Gasteiger partial charge in [0.2, 0.25) is 57.4 Å². The highest BCUT2D eigenvalue weighted by Gasteiger charge is 2.46. The first-order chi connectivity index (χ1) is 65.3. The first-order valence-electron chi connectivity index (χ1n) is 44.3. The van der Waals surface area contributed by atoms with Gasteiger partial charge < -0.3 is 48.5 Å². The molecule has 34 heteroatoms. The van der Waals surface area contributed by atoms with Crippen LogP contribution in [0.2, 0.25) is 5.28 Å². The largest absolute Gasteiger partial charge is 0.465 e. The fourth-order valence-electron chi connectivity index (χ4n) is 17.8. The van der Waals surface area contributed by atoms with E-state index in [0.717, 1.165) is 36.8 Å². The first kappa shape index (κ1) is 92.0. The van der Waals surface area contributed by atoms with Gasteiger partial charge in [-0.05, 0) is 38.7 Å². The fourth-order valence-corrected chi connectivity index (χ4v) is 18.0. The van der Waals surface area contributed by atoms with E-state index in [0.29, 0.717) is 173 Å². The van der Waals surface area contributed by atoms with Crippen molar-refractivity contribution in [1.82, 2.24) is 68.4 Å². The van der Waals surface area contributed by atoms with Crippen molar-refractivity contribution in [3.05, 3.63) is 277 Å². The summed E-state index contributed by atoms with van der Waals surface area (Å²) in [7, 11) is 3.97. The highest BCUT2D eigenvalue weighted by atomic mass is 35.5. The average molecular weight is 1850 g/mol. The molecule has 0 unspecified atom stereocenters. The van der Waals surface area contributed by atoms with Gasteiger partial charge in [0, 0.05) is 128 Å². The van der Waals surface area contributed by atoms with E-state index in [1.54, 1.807) is 124 Å². The van der Waals surface area contributed by atoms with E-state index < -0.39 is 81.0 Å². The zero-order valence-corrected chi connectivity index (χ0v) is 76.5. The number of Topliss-reactive ketones (excluding diaryl/α,β-unsaturated/α-hetero) is 14. The van der Waals surface area contributed by atoms with E-state index in [2.05, 4.69) is 58.6 Å². The zero-order valence-electron chi connectivity index (χ0n) is 75.8. The normalized spacial score (nSPS) is 14.3. The van der Waals surface area contributed by atoms with E-state index in [1.807, 2.05) is 131 Å². The molecule has 14 aromatic rings. The van der Waals surface area contributed by atoms with Crippen LogP contribution in [0.25, 0.3) is 78.8 Å². The third-order valence-corrected chi connectivity index (χ3v) is 24.3. The van der Waals surface area contributed by atoms with Gasteiger partial charge >= 0.3 is 0 Å². The van der Waals surface area contributed by atoms with Crippen LogP contribution in [0.15, 0.2) is 170 Å². The number of H-pyrrole nitrogens is 4. The molecule has 33 nitrogen and oxygen atoms in total. The maximum absolute atomic E-state index is 13.4. The summed E-state index contributed by atoms with van der Waals surface area (Å²) in [5.74, 6) is -3.64. The molecule has 0 saturated carbocycles. The molecule has 1 fully saturated rings. The molecular weight excluding hydrogens is 1760 g/mol. The van der Waals surface area contributed by atoms with Crippen molar-refractivity contribution in [2.24, 2.45) is 0 Å². The lowest BCUT2D eigenvalue weighted by molar-refractivity contribution is -0.698. The van der Waals surface area contributed by atoms with Crippen LogP contribution in [-0.2, 0) is 24.5 Å². The predicted molar refractivity (Wildman–Crippen MR) is 499 cm³/mol. The monoisotopic (exact) mass is 1850 g/mol. The van der Waals surface area contributed by atoms with Gasteiger partial charge in [0.25, 0.3) is 52.3 Å². The molecule has 686 valence electrons. The van der Waals surface area contributed by atoms with Gasteiger partial charge in [-0.15, -0.1) is 0 Å². The molecule has 1 aliphatic heterocycles. The number of imidazole rings is 7. The molecule has 7 aromatic carbocycles. The van der Waals surface area contributed by atoms with Gasteiger partial charge in [0.05, 0.1) is 32.3 Å². The van der Waals surface area contributed by atoms with Crippen molar-refractivity contribution in [1.29, 1.82) is 0 Å². The third kappa shape index (κ3) is 16.2. The van der Waals surface area contributed by atoms with Crippen molar-refractivity contribution in [2.45, 2.75) is 106 Å². The molecule has 0 amide bonds. The lowest BCUT2D eigenvalue weighted by atomic mass is 9.90. The number of ketones is 14. The summed E-state index contributed by atoms with van der Waals surface area (Å²) in [5.41, 5.74) is 13.2. The minimum atomic E-state index is -0.601. The van der Waals surface area contributed by atoms with Gasteiger partial charge in [0.1, 0.15) is 85.8 Å². The number of aromatic amines is 4. The third-order valence-electron chi connectivity index (χ3n) is 24.1. The van der Waals surface area contributed by atoms with Crippen molar-refractivity contribution in [3.8, 4) is 84.8 Å². The van der Waals surface area contributed by atoms with Crippen LogP contribution in [0.3, 0.4) is 0 Å². The van der Waals surface area contributed by atoms with Crippen LogP contribution in [0.1, 0.15) is 255 Å². The number of rotatable bonds is 14. The molecule has 0 spiro atoms. The maximum atomic E-state index is 13.4. The number of carbonyl (C=O) groups is 14. The van der Waals surface area contributed by atoms with Crippen LogP contribution in [0.4, 0.5) is 5.95 Å². The number of aromatic nitrogens is 14. The van der Waals surface area contributed by atoms with E-state index in [4.69, 9.17) is 31.0 Å². The van der Waals surface area contributed by atoms with Crippen molar-refractivity contribution >= 4 is 98.5 Å². The Hall–Kier alpha value is -15.8.